The van der Waals surface area contributed by atoms with Crippen molar-refractivity contribution in [2.75, 3.05) is 11.4 Å². The Balaban J connectivity index is 2.12. The molecular weight excluding hydrogens is 318 g/mol. The molecule has 0 aliphatic heterocycles. The Hall–Kier alpha value is -2.26. The summed E-state index contributed by atoms with van der Waals surface area (Å²) in [5.41, 5.74) is 9.09. The van der Waals surface area contributed by atoms with Crippen molar-refractivity contribution in [1.29, 1.82) is 5.41 Å². The highest BCUT2D eigenvalue weighted by molar-refractivity contribution is 6.30. The summed E-state index contributed by atoms with van der Waals surface area (Å²) in [6.45, 7) is 7.08. The number of rotatable bonds is 4. The minimum atomic E-state index is 0.0271. The number of benzene rings is 2. The first-order chi connectivity index (χ1) is 11.3. The average Bonchev–Trinajstić information content (AvgIpc) is 2.52. The molecule has 4 heteroatoms. The van der Waals surface area contributed by atoms with Gasteiger partial charge in [0.1, 0.15) is 0 Å². The Kier molecular flexibility index (Phi) is 5.68. The van der Waals surface area contributed by atoms with E-state index in [4.69, 9.17) is 22.7 Å². The summed E-state index contributed by atoms with van der Waals surface area (Å²) in [5.74, 6) is 0.0271. The fourth-order valence-corrected chi connectivity index (χ4v) is 2.48. The molecule has 0 aliphatic rings. The van der Waals surface area contributed by atoms with E-state index in [2.05, 4.69) is 32.9 Å². The van der Waals surface area contributed by atoms with Gasteiger partial charge in [0.15, 0.2) is 5.96 Å². The molecule has 0 atom stereocenters. The van der Waals surface area contributed by atoms with E-state index in [0.717, 1.165) is 16.3 Å². The van der Waals surface area contributed by atoms with Gasteiger partial charge in [0.2, 0.25) is 0 Å². The maximum atomic E-state index is 7.83. The predicted octanol–water partition coefficient (Wildman–Crippen LogP) is 5.05. The zero-order chi connectivity index (χ0) is 17.7. The summed E-state index contributed by atoms with van der Waals surface area (Å²) in [5, 5.41) is 8.55. The van der Waals surface area contributed by atoms with E-state index < -0.39 is 0 Å². The van der Waals surface area contributed by atoms with E-state index in [1.165, 1.54) is 5.56 Å². The minimum absolute atomic E-state index is 0.0271. The quantitative estimate of drug-likeness (QED) is 0.604. The summed E-state index contributed by atoms with van der Waals surface area (Å²) in [6, 6.07) is 15.8. The van der Waals surface area contributed by atoms with Gasteiger partial charge in [-0.1, -0.05) is 68.8 Å². The summed E-state index contributed by atoms with van der Waals surface area (Å²) < 4.78 is 0. The van der Waals surface area contributed by atoms with E-state index in [-0.39, 0.29) is 11.4 Å². The Labute approximate surface area is 149 Å². The van der Waals surface area contributed by atoms with Crippen LogP contribution in [0, 0.1) is 5.41 Å². The van der Waals surface area contributed by atoms with Crippen LogP contribution in [0.15, 0.2) is 54.6 Å². The molecule has 0 bridgehead atoms. The van der Waals surface area contributed by atoms with E-state index in [0.29, 0.717) is 6.54 Å². The lowest BCUT2D eigenvalue weighted by Crippen LogP contribution is -2.36. The number of anilines is 1. The number of guanidine groups is 1. The molecule has 2 aromatic rings. The second-order valence-corrected chi connectivity index (χ2v) is 7.18. The topological polar surface area (TPSA) is 53.1 Å². The van der Waals surface area contributed by atoms with Crippen LogP contribution in [0.25, 0.3) is 6.08 Å². The van der Waals surface area contributed by atoms with Crippen molar-refractivity contribution in [2.24, 2.45) is 5.73 Å². The molecule has 0 spiro atoms. The average molecular weight is 342 g/mol. The maximum absolute atomic E-state index is 7.83. The summed E-state index contributed by atoms with van der Waals surface area (Å²) in [7, 11) is 0. The number of halogens is 1. The third-order valence-corrected chi connectivity index (χ3v) is 4.06. The second kappa shape index (κ2) is 7.54. The molecule has 0 aliphatic carbocycles. The fourth-order valence-electron chi connectivity index (χ4n) is 2.35. The van der Waals surface area contributed by atoms with Crippen LogP contribution in [-0.4, -0.2) is 12.5 Å². The molecular formula is C20H24ClN3. The number of nitrogens with zero attached hydrogens (tertiary/aromatic N) is 1. The van der Waals surface area contributed by atoms with E-state index in [9.17, 15) is 0 Å². The highest BCUT2D eigenvalue weighted by Gasteiger charge is 2.14. The number of nitrogens with two attached hydrogens (primary N) is 1. The lowest BCUT2D eigenvalue weighted by atomic mass is 9.87. The van der Waals surface area contributed by atoms with Crippen LogP contribution >= 0.6 is 11.6 Å². The van der Waals surface area contributed by atoms with Crippen molar-refractivity contribution in [3.8, 4) is 0 Å². The van der Waals surface area contributed by atoms with Gasteiger partial charge in [0.25, 0.3) is 0 Å². The Morgan fingerprint density at radius 1 is 1.08 bits per heavy atom. The lowest BCUT2D eigenvalue weighted by molar-refractivity contribution is 0.590. The standard InChI is InChI=1S/C20H24ClN3/c1-20(2,3)16-8-12-18(13-9-16)24(19(22)23)14-4-5-15-6-10-17(21)11-7-15/h4-13H,14H2,1-3H3,(H3,22,23)/b5-4+. The summed E-state index contributed by atoms with van der Waals surface area (Å²) >= 11 is 5.89. The van der Waals surface area contributed by atoms with E-state index in [1.54, 1.807) is 4.90 Å². The predicted molar refractivity (Wildman–Crippen MR) is 105 cm³/mol. The molecule has 3 nitrogen and oxygen atoms in total. The highest BCUT2D eigenvalue weighted by atomic mass is 35.5. The van der Waals surface area contributed by atoms with Gasteiger partial charge in [-0.3, -0.25) is 5.41 Å². The van der Waals surface area contributed by atoms with Crippen molar-refractivity contribution in [2.45, 2.75) is 26.2 Å². The van der Waals surface area contributed by atoms with Crippen LogP contribution in [0.2, 0.25) is 5.02 Å². The first kappa shape index (κ1) is 18.1. The maximum Gasteiger partial charge on any atom is 0.193 e. The molecule has 0 fully saturated rings. The van der Waals surface area contributed by atoms with Gasteiger partial charge < -0.3 is 10.6 Å². The molecule has 0 aromatic heterocycles. The van der Waals surface area contributed by atoms with Crippen molar-refractivity contribution >= 4 is 29.3 Å². The smallest absolute Gasteiger partial charge is 0.193 e. The fraction of sp³-hybridized carbons (Fsp3) is 0.250. The SMILES string of the molecule is CC(C)(C)c1ccc(N(C/C=C/c2ccc(Cl)cc2)C(=N)N)cc1. The van der Waals surface area contributed by atoms with Crippen molar-refractivity contribution in [3.05, 3.63) is 70.8 Å². The van der Waals surface area contributed by atoms with Crippen LogP contribution in [0.3, 0.4) is 0 Å². The Bertz CT molecular complexity index is 710. The number of nitrogens with one attached hydrogen (secondary N) is 1. The van der Waals surface area contributed by atoms with Gasteiger partial charge in [-0.2, -0.15) is 0 Å². The monoisotopic (exact) mass is 341 g/mol. The third-order valence-electron chi connectivity index (χ3n) is 3.80. The van der Waals surface area contributed by atoms with Crippen molar-refractivity contribution in [1.82, 2.24) is 0 Å². The van der Waals surface area contributed by atoms with Gasteiger partial charge in [0, 0.05) is 17.3 Å². The molecule has 0 saturated heterocycles. The lowest BCUT2D eigenvalue weighted by Gasteiger charge is -2.24. The number of hydrogen-bond donors (Lipinski definition) is 2. The molecule has 0 radical (unpaired) electrons. The van der Waals surface area contributed by atoms with Crippen LogP contribution in [0.1, 0.15) is 31.9 Å². The van der Waals surface area contributed by atoms with Crippen molar-refractivity contribution < 1.29 is 0 Å². The third kappa shape index (κ3) is 4.87. The minimum Gasteiger partial charge on any atom is -0.370 e. The molecule has 0 saturated carbocycles. The van der Waals surface area contributed by atoms with Crippen LogP contribution in [0.4, 0.5) is 5.69 Å². The molecule has 0 heterocycles. The molecule has 0 amide bonds. The summed E-state index contributed by atoms with van der Waals surface area (Å²) in [4.78, 5) is 1.76. The summed E-state index contributed by atoms with van der Waals surface area (Å²) in [6.07, 6.45) is 3.98. The van der Waals surface area contributed by atoms with Gasteiger partial charge in [-0.05, 0) is 40.8 Å². The van der Waals surface area contributed by atoms with Gasteiger partial charge in [-0.25, -0.2) is 0 Å². The molecule has 2 aromatic carbocycles. The van der Waals surface area contributed by atoms with Crippen LogP contribution < -0.4 is 10.6 Å². The van der Waals surface area contributed by atoms with Gasteiger partial charge >= 0.3 is 0 Å². The molecule has 24 heavy (non-hydrogen) atoms. The first-order valence-electron chi connectivity index (χ1n) is 7.91. The molecule has 126 valence electrons. The van der Waals surface area contributed by atoms with Crippen LogP contribution in [-0.2, 0) is 5.41 Å². The Morgan fingerprint density at radius 3 is 2.17 bits per heavy atom. The van der Waals surface area contributed by atoms with Crippen LogP contribution in [0.5, 0.6) is 0 Å². The van der Waals surface area contributed by atoms with Crippen molar-refractivity contribution in [3.63, 3.8) is 0 Å². The zero-order valence-electron chi connectivity index (χ0n) is 14.4. The first-order valence-corrected chi connectivity index (χ1v) is 8.29. The molecule has 0 unspecified atom stereocenters. The normalized spacial score (nSPS) is 11.7. The second-order valence-electron chi connectivity index (χ2n) is 6.75. The highest BCUT2D eigenvalue weighted by Crippen LogP contribution is 2.25. The molecule has 2 rings (SSSR count). The Morgan fingerprint density at radius 2 is 1.67 bits per heavy atom. The largest absolute Gasteiger partial charge is 0.370 e. The number of hydrogen-bond acceptors (Lipinski definition) is 1. The zero-order valence-corrected chi connectivity index (χ0v) is 15.1. The van der Waals surface area contributed by atoms with E-state index in [1.807, 2.05) is 48.6 Å². The van der Waals surface area contributed by atoms with E-state index >= 15 is 0 Å². The molecule has 3 N–H and O–H groups in total. The van der Waals surface area contributed by atoms with Gasteiger partial charge in [-0.15, -0.1) is 0 Å². The van der Waals surface area contributed by atoms with Gasteiger partial charge in [0.05, 0.1) is 0 Å².